The molecule has 0 bridgehead atoms. The number of nitrogens with zero attached hydrogens (tertiary/aromatic N) is 3. The van der Waals surface area contributed by atoms with Crippen molar-refractivity contribution in [3.05, 3.63) is 89.6 Å². The number of nitrogens with one attached hydrogen (secondary N) is 3. The first-order valence-electron chi connectivity index (χ1n) is 11.4. The molecule has 1 aliphatic heterocycles. The molecule has 1 fully saturated rings. The predicted octanol–water partition coefficient (Wildman–Crippen LogP) is 4.19. The van der Waals surface area contributed by atoms with E-state index in [1.54, 1.807) is 24.4 Å². The van der Waals surface area contributed by atoms with Crippen molar-refractivity contribution in [3.63, 3.8) is 0 Å². The smallest absolute Gasteiger partial charge is 0.323 e. The van der Waals surface area contributed by atoms with Gasteiger partial charge in [-0.2, -0.15) is 0 Å². The molecule has 0 unspecified atom stereocenters. The van der Waals surface area contributed by atoms with E-state index in [9.17, 15) is 18.4 Å². The summed E-state index contributed by atoms with van der Waals surface area (Å²) in [6, 6.07) is 13.3. The van der Waals surface area contributed by atoms with Crippen LogP contribution in [0.5, 0.6) is 0 Å². The minimum absolute atomic E-state index is 0.204. The normalized spacial score (nSPS) is 13.4. The molecular formula is C26H22F2N6O2. The molecule has 36 heavy (non-hydrogen) atoms. The van der Waals surface area contributed by atoms with Gasteiger partial charge in [-0.05, 0) is 54.6 Å². The molecule has 1 aliphatic rings. The van der Waals surface area contributed by atoms with Crippen molar-refractivity contribution in [2.45, 2.75) is 0 Å². The molecule has 5 rings (SSSR count). The molecule has 10 heteroatoms. The Labute approximate surface area is 205 Å². The zero-order chi connectivity index (χ0) is 25.1. The summed E-state index contributed by atoms with van der Waals surface area (Å²) in [5, 5.41) is 8.30. The molecule has 1 saturated heterocycles. The van der Waals surface area contributed by atoms with Gasteiger partial charge in [0.05, 0.1) is 22.8 Å². The second kappa shape index (κ2) is 10.0. The van der Waals surface area contributed by atoms with E-state index in [4.69, 9.17) is 0 Å². The number of amides is 2. The maximum atomic E-state index is 14.6. The Morgan fingerprint density at radius 3 is 2.44 bits per heavy atom. The number of fused-ring (bicyclic) bond motifs is 1. The molecule has 3 aromatic carbocycles. The van der Waals surface area contributed by atoms with Gasteiger partial charge < -0.3 is 20.9 Å². The molecule has 2 heterocycles. The van der Waals surface area contributed by atoms with Gasteiger partial charge in [-0.25, -0.2) is 18.6 Å². The number of halogens is 2. The fourth-order valence-corrected chi connectivity index (χ4v) is 3.98. The summed E-state index contributed by atoms with van der Waals surface area (Å²) in [5.41, 5.74) is 1.65. The minimum atomic E-state index is -0.725. The van der Waals surface area contributed by atoms with Crippen LogP contribution in [-0.4, -0.2) is 48.0 Å². The van der Waals surface area contributed by atoms with E-state index in [0.29, 0.717) is 11.0 Å². The zero-order valence-electron chi connectivity index (χ0n) is 19.1. The van der Waals surface area contributed by atoms with Gasteiger partial charge >= 0.3 is 6.03 Å². The Morgan fingerprint density at radius 1 is 0.889 bits per heavy atom. The summed E-state index contributed by atoms with van der Waals surface area (Å²) >= 11 is 0. The van der Waals surface area contributed by atoms with Crippen LogP contribution in [0.2, 0.25) is 0 Å². The van der Waals surface area contributed by atoms with Gasteiger partial charge in [-0.15, -0.1) is 0 Å². The summed E-state index contributed by atoms with van der Waals surface area (Å²) in [6.07, 6.45) is 1.71. The van der Waals surface area contributed by atoms with Crippen molar-refractivity contribution in [2.75, 3.05) is 41.7 Å². The highest BCUT2D eigenvalue weighted by atomic mass is 19.1. The Morgan fingerprint density at radius 2 is 1.67 bits per heavy atom. The molecular weight excluding hydrogens is 466 g/mol. The largest absolute Gasteiger partial charge is 0.353 e. The highest BCUT2D eigenvalue weighted by Crippen LogP contribution is 2.22. The van der Waals surface area contributed by atoms with Crippen LogP contribution in [0.15, 0.2) is 66.9 Å². The van der Waals surface area contributed by atoms with E-state index >= 15 is 0 Å². The van der Waals surface area contributed by atoms with Gasteiger partial charge in [-0.3, -0.25) is 9.78 Å². The highest BCUT2D eigenvalue weighted by molar-refractivity contribution is 6.11. The lowest BCUT2D eigenvalue weighted by molar-refractivity contribution is 0.103. The van der Waals surface area contributed by atoms with E-state index < -0.39 is 23.4 Å². The molecule has 0 atom stereocenters. The van der Waals surface area contributed by atoms with Gasteiger partial charge in [0.2, 0.25) is 0 Å². The van der Waals surface area contributed by atoms with E-state index in [1.807, 2.05) is 0 Å². The van der Waals surface area contributed by atoms with E-state index in [-0.39, 0.29) is 22.5 Å². The third-order valence-electron chi connectivity index (χ3n) is 5.78. The lowest BCUT2D eigenvalue weighted by atomic mass is 10.0. The van der Waals surface area contributed by atoms with Crippen molar-refractivity contribution >= 4 is 40.0 Å². The average Bonchev–Trinajstić information content (AvgIpc) is 2.89. The number of carbonyl (C=O) groups is 2. The number of benzene rings is 3. The Kier molecular flexibility index (Phi) is 6.50. The Hall–Kier alpha value is -4.44. The lowest BCUT2D eigenvalue weighted by Gasteiger charge is -2.28. The van der Waals surface area contributed by atoms with Gasteiger partial charge in [0.25, 0.3) is 0 Å². The molecule has 0 radical (unpaired) electrons. The van der Waals surface area contributed by atoms with Crippen molar-refractivity contribution in [3.8, 4) is 0 Å². The number of aromatic nitrogens is 2. The number of piperazine rings is 1. The first-order chi connectivity index (χ1) is 17.5. The maximum Gasteiger partial charge on any atom is 0.323 e. The third kappa shape index (κ3) is 5.13. The first-order valence-corrected chi connectivity index (χ1v) is 11.4. The van der Waals surface area contributed by atoms with Crippen LogP contribution < -0.4 is 20.9 Å². The fraction of sp³-hybridized carbons (Fsp3) is 0.154. The quantitative estimate of drug-likeness (QED) is 0.365. The van der Waals surface area contributed by atoms with Crippen LogP contribution in [0, 0.1) is 11.6 Å². The SMILES string of the molecule is O=C(Nc1cccc(F)c1)Nc1ccc(F)c(C(=O)c2ccc3ncc(N4CCNCC4)nc3c2)c1. The van der Waals surface area contributed by atoms with E-state index in [2.05, 4.69) is 30.8 Å². The van der Waals surface area contributed by atoms with Crippen molar-refractivity contribution in [1.82, 2.24) is 15.3 Å². The monoisotopic (exact) mass is 488 g/mol. The van der Waals surface area contributed by atoms with Crippen LogP contribution in [-0.2, 0) is 0 Å². The number of carbonyl (C=O) groups excluding carboxylic acids is 2. The summed E-state index contributed by atoms with van der Waals surface area (Å²) in [7, 11) is 0. The first kappa shape index (κ1) is 23.3. The topological polar surface area (TPSA) is 99.2 Å². The predicted molar refractivity (Wildman–Crippen MR) is 133 cm³/mol. The summed E-state index contributed by atoms with van der Waals surface area (Å²) in [6.45, 7) is 3.30. The molecule has 0 aliphatic carbocycles. The van der Waals surface area contributed by atoms with Crippen molar-refractivity contribution < 1.29 is 18.4 Å². The molecule has 1 aromatic heterocycles. The van der Waals surface area contributed by atoms with Gasteiger partial charge in [-0.1, -0.05) is 6.07 Å². The van der Waals surface area contributed by atoms with Crippen LogP contribution in [0.1, 0.15) is 15.9 Å². The molecule has 8 nitrogen and oxygen atoms in total. The summed E-state index contributed by atoms with van der Waals surface area (Å²) < 4.78 is 28.0. The molecule has 3 N–H and O–H groups in total. The number of anilines is 3. The molecule has 2 amide bonds. The summed E-state index contributed by atoms with van der Waals surface area (Å²) in [5.74, 6) is -1.06. The van der Waals surface area contributed by atoms with Crippen LogP contribution >= 0.6 is 0 Å². The second-order valence-electron chi connectivity index (χ2n) is 8.28. The Balaban J connectivity index is 1.37. The minimum Gasteiger partial charge on any atom is -0.353 e. The highest BCUT2D eigenvalue weighted by Gasteiger charge is 2.18. The van der Waals surface area contributed by atoms with Gasteiger partial charge in [0, 0.05) is 43.1 Å². The standard InChI is InChI=1S/C26H22F2N6O2/c27-17-2-1-3-18(13-17)31-26(36)32-19-5-6-21(28)20(14-19)25(35)16-4-7-22-23(12-16)33-24(15-30-22)34-10-8-29-9-11-34/h1-7,12-15,29H,8-11H2,(H2,31,32,36). The van der Waals surface area contributed by atoms with E-state index in [1.165, 1.54) is 30.3 Å². The number of urea groups is 1. The third-order valence-corrected chi connectivity index (χ3v) is 5.78. The Bertz CT molecular complexity index is 1460. The van der Waals surface area contributed by atoms with Crippen molar-refractivity contribution in [1.29, 1.82) is 0 Å². The zero-order valence-corrected chi connectivity index (χ0v) is 19.1. The molecule has 182 valence electrons. The number of ketones is 1. The number of hydrogen-bond donors (Lipinski definition) is 3. The average molecular weight is 488 g/mol. The number of hydrogen-bond acceptors (Lipinski definition) is 6. The van der Waals surface area contributed by atoms with Gasteiger partial charge in [0.1, 0.15) is 17.5 Å². The lowest BCUT2D eigenvalue weighted by Crippen LogP contribution is -2.43. The second-order valence-corrected chi connectivity index (χ2v) is 8.28. The summed E-state index contributed by atoms with van der Waals surface area (Å²) in [4.78, 5) is 36.7. The van der Waals surface area contributed by atoms with E-state index in [0.717, 1.165) is 44.1 Å². The van der Waals surface area contributed by atoms with Crippen molar-refractivity contribution in [2.24, 2.45) is 0 Å². The van der Waals surface area contributed by atoms with Crippen LogP contribution in [0.25, 0.3) is 11.0 Å². The molecule has 0 saturated carbocycles. The van der Waals surface area contributed by atoms with Crippen LogP contribution in [0.3, 0.4) is 0 Å². The molecule has 4 aromatic rings. The fourth-order valence-electron chi connectivity index (χ4n) is 3.98. The number of rotatable bonds is 5. The van der Waals surface area contributed by atoms with Crippen LogP contribution in [0.4, 0.5) is 30.8 Å². The molecule has 0 spiro atoms. The maximum absolute atomic E-state index is 14.6. The van der Waals surface area contributed by atoms with Gasteiger partial charge in [0.15, 0.2) is 5.78 Å².